The zero-order chi connectivity index (χ0) is 14.8. The minimum atomic E-state index is -0.0978. The molecule has 0 radical (unpaired) electrons. The molecule has 0 spiro atoms. The van der Waals surface area contributed by atoms with Crippen molar-refractivity contribution in [1.82, 2.24) is 10.6 Å². The number of nitrogens with one attached hydrogen (secondary N) is 2. The topological polar surface area (TPSA) is 41.1 Å². The van der Waals surface area contributed by atoms with Crippen LogP contribution < -0.4 is 10.6 Å². The molecule has 0 aromatic heterocycles. The fourth-order valence-electron chi connectivity index (χ4n) is 2.87. The summed E-state index contributed by atoms with van der Waals surface area (Å²) in [5, 5.41) is 6.38. The zero-order valence-corrected chi connectivity index (χ0v) is 13.8. The molecule has 1 atom stereocenters. The largest absolute Gasteiger partial charge is 0.355 e. The minimum absolute atomic E-state index is 0.0978. The molecule has 112 valence electrons. The number of amides is 1. The summed E-state index contributed by atoms with van der Waals surface area (Å²) in [4.78, 5) is 11.9. The summed E-state index contributed by atoms with van der Waals surface area (Å²) >= 11 is 0. The van der Waals surface area contributed by atoms with Crippen molar-refractivity contribution in [2.75, 3.05) is 13.1 Å². The second-order valence-corrected chi connectivity index (χ2v) is 7.60. The third-order valence-corrected chi connectivity index (χ3v) is 5.36. The summed E-state index contributed by atoms with van der Waals surface area (Å²) in [5.74, 6) is 1.42. The predicted octanol–water partition coefficient (Wildman–Crippen LogP) is 2.81. The molecular weight excluding hydrogens is 236 g/mol. The first-order valence-corrected chi connectivity index (χ1v) is 7.61. The van der Waals surface area contributed by atoms with Crippen molar-refractivity contribution in [1.29, 1.82) is 0 Å². The maximum atomic E-state index is 11.9. The van der Waals surface area contributed by atoms with Crippen LogP contribution in [0.5, 0.6) is 0 Å². The highest BCUT2D eigenvalue weighted by Crippen LogP contribution is 2.67. The zero-order valence-electron chi connectivity index (χ0n) is 13.8. The van der Waals surface area contributed by atoms with Crippen LogP contribution in [-0.4, -0.2) is 25.0 Å². The average Bonchev–Trinajstić information content (AvgIpc) is 2.65. The van der Waals surface area contributed by atoms with Gasteiger partial charge in [-0.1, -0.05) is 41.5 Å². The SMILES string of the molecule is CC(C)CCNC(=O)C(C)NCC1C(C)(C)C1(C)C. The number of carbonyl (C=O) groups excluding carboxylic acids is 1. The van der Waals surface area contributed by atoms with Gasteiger partial charge in [0.25, 0.3) is 0 Å². The van der Waals surface area contributed by atoms with Gasteiger partial charge < -0.3 is 10.6 Å². The Kier molecular flexibility index (Phi) is 5.05. The number of hydrogen-bond acceptors (Lipinski definition) is 2. The second kappa shape index (κ2) is 5.82. The van der Waals surface area contributed by atoms with Crippen LogP contribution in [0.15, 0.2) is 0 Å². The van der Waals surface area contributed by atoms with E-state index in [4.69, 9.17) is 0 Å². The van der Waals surface area contributed by atoms with Crippen LogP contribution >= 0.6 is 0 Å². The van der Waals surface area contributed by atoms with E-state index < -0.39 is 0 Å². The molecule has 1 saturated carbocycles. The fraction of sp³-hybridized carbons (Fsp3) is 0.938. The summed E-state index contributed by atoms with van der Waals surface area (Å²) in [6.45, 7) is 17.3. The van der Waals surface area contributed by atoms with Gasteiger partial charge in [0.1, 0.15) is 0 Å². The Labute approximate surface area is 118 Å². The van der Waals surface area contributed by atoms with Gasteiger partial charge in [-0.3, -0.25) is 4.79 Å². The fourth-order valence-corrected chi connectivity index (χ4v) is 2.87. The maximum Gasteiger partial charge on any atom is 0.236 e. The molecule has 1 aliphatic rings. The van der Waals surface area contributed by atoms with E-state index in [0.717, 1.165) is 19.5 Å². The van der Waals surface area contributed by atoms with Crippen LogP contribution in [0, 0.1) is 22.7 Å². The molecule has 3 nitrogen and oxygen atoms in total. The predicted molar refractivity (Wildman–Crippen MR) is 81.0 cm³/mol. The van der Waals surface area contributed by atoms with E-state index in [1.54, 1.807) is 0 Å². The van der Waals surface area contributed by atoms with Gasteiger partial charge in [-0.25, -0.2) is 0 Å². The first-order valence-electron chi connectivity index (χ1n) is 7.61. The van der Waals surface area contributed by atoms with Crippen LogP contribution in [0.2, 0.25) is 0 Å². The third-order valence-electron chi connectivity index (χ3n) is 5.36. The summed E-state index contributed by atoms with van der Waals surface area (Å²) in [6.07, 6.45) is 1.04. The molecule has 1 aliphatic carbocycles. The van der Waals surface area contributed by atoms with Gasteiger partial charge in [-0.2, -0.15) is 0 Å². The first kappa shape index (κ1) is 16.5. The molecular formula is C16H32N2O. The van der Waals surface area contributed by atoms with E-state index in [9.17, 15) is 4.79 Å². The molecule has 1 amide bonds. The highest BCUT2D eigenvalue weighted by molar-refractivity contribution is 5.81. The van der Waals surface area contributed by atoms with Crippen molar-refractivity contribution < 1.29 is 4.79 Å². The van der Waals surface area contributed by atoms with Gasteiger partial charge >= 0.3 is 0 Å². The monoisotopic (exact) mass is 268 g/mol. The smallest absolute Gasteiger partial charge is 0.236 e. The molecule has 0 saturated heterocycles. The third kappa shape index (κ3) is 3.71. The molecule has 0 heterocycles. The summed E-state index contributed by atoms with van der Waals surface area (Å²) in [6, 6.07) is -0.0978. The molecule has 0 aromatic carbocycles. The van der Waals surface area contributed by atoms with Gasteiger partial charge in [0.05, 0.1) is 6.04 Å². The van der Waals surface area contributed by atoms with Gasteiger partial charge in [0.2, 0.25) is 5.91 Å². The summed E-state index contributed by atoms with van der Waals surface area (Å²) in [7, 11) is 0. The molecule has 1 fully saturated rings. The Morgan fingerprint density at radius 1 is 1.11 bits per heavy atom. The molecule has 19 heavy (non-hydrogen) atoms. The standard InChI is InChI=1S/C16H32N2O/c1-11(2)8-9-17-14(19)12(3)18-10-13-15(4,5)16(13,6)7/h11-13,18H,8-10H2,1-7H3,(H,17,19). The van der Waals surface area contributed by atoms with Crippen LogP contribution in [0.4, 0.5) is 0 Å². The van der Waals surface area contributed by atoms with E-state index in [2.05, 4.69) is 52.2 Å². The van der Waals surface area contributed by atoms with Gasteiger partial charge in [0.15, 0.2) is 0 Å². The average molecular weight is 268 g/mol. The lowest BCUT2D eigenvalue weighted by molar-refractivity contribution is -0.122. The van der Waals surface area contributed by atoms with Gasteiger partial charge in [0, 0.05) is 6.54 Å². The maximum absolute atomic E-state index is 11.9. The van der Waals surface area contributed by atoms with Crippen LogP contribution in [0.3, 0.4) is 0 Å². The molecule has 0 aromatic rings. The van der Waals surface area contributed by atoms with E-state index in [1.165, 1.54) is 0 Å². The Morgan fingerprint density at radius 2 is 1.63 bits per heavy atom. The highest BCUT2D eigenvalue weighted by Gasteiger charge is 2.63. The van der Waals surface area contributed by atoms with Gasteiger partial charge in [-0.05, 0) is 42.6 Å². The lowest BCUT2D eigenvalue weighted by Gasteiger charge is -2.15. The number of carbonyl (C=O) groups is 1. The van der Waals surface area contributed by atoms with E-state index in [0.29, 0.717) is 22.7 Å². The van der Waals surface area contributed by atoms with E-state index in [-0.39, 0.29) is 11.9 Å². The Hall–Kier alpha value is -0.570. The van der Waals surface area contributed by atoms with Crippen molar-refractivity contribution in [3.8, 4) is 0 Å². The Morgan fingerprint density at radius 3 is 2.05 bits per heavy atom. The molecule has 3 heteroatoms. The van der Waals surface area contributed by atoms with Gasteiger partial charge in [-0.15, -0.1) is 0 Å². The van der Waals surface area contributed by atoms with Crippen molar-refractivity contribution in [3.05, 3.63) is 0 Å². The molecule has 2 N–H and O–H groups in total. The Bertz CT molecular complexity index is 307. The van der Waals surface area contributed by atoms with Crippen LogP contribution in [-0.2, 0) is 4.79 Å². The first-order chi connectivity index (χ1) is 8.60. The summed E-state index contributed by atoms with van der Waals surface area (Å²) in [5.41, 5.74) is 0.766. The molecule has 1 rings (SSSR count). The second-order valence-electron chi connectivity index (χ2n) is 7.60. The van der Waals surface area contributed by atoms with Crippen molar-refractivity contribution >= 4 is 5.91 Å². The molecule has 0 aliphatic heterocycles. The lowest BCUT2D eigenvalue weighted by Crippen LogP contribution is -2.43. The number of hydrogen-bond donors (Lipinski definition) is 2. The minimum Gasteiger partial charge on any atom is -0.355 e. The molecule has 0 bridgehead atoms. The molecule has 1 unspecified atom stereocenters. The normalized spacial score (nSPS) is 22.3. The summed E-state index contributed by atoms with van der Waals surface area (Å²) < 4.78 is 0. The van der Waals surface area contributed by atoms with Crippen LogP contribution in [0.25, 0.3) is 0 Å². The van der Waals surface area contributed by atoms with E-state index >= 15 is 0 Å². The Balaban J connectivity index is 2.25. The van der Waals surface area contributed by atoms with Crippen molar-refractivity contribution in [3.63, 3.8) is 0 Å². The van der Waals surface area contributed by atoms with Crippen molar-refractivity contribution in [2.45, 2.75) is 60.9 Å². The number of rotatable bonds is 7. The quantitative estimate of drug-likeness (QED) is 0.745. The van der Waals surface area contributed by atoms with E-state index in [1.807, 2.05) is 6.92 Å². The van der Waals surface area contributed by atoms with Crippen LogP contribution in [0.1, 0.15) is 54.9 Å². The lowest BCUT2D eigenvalue weighted by atomic mass is 10.0. The van der Waals surface area contributed by atoms with Crippen molar-refractivity contribution in [2.24, 2.45) is 22.7 Å². The highest BCUT2D eigenvalue weighted by atomic mass is 16.2.